The van der Waals surface area contributed by atoms with Gasteiger partial charge in [-0.05, 0) is 16.2 Å². The second-order valence-electron chi connectivity index (χ2n) is 12.6. The van der Waals surface area contributed by atoms with Gasteiger partial charge < -0.3 is 4.48 Å². The molecule has 2 heteroatoms. The highest BCUT2D eigenvalue weighted by Gasteiger charge is 2.33. The van der Waals surface area contributed by atoms with Crippen molar-refractivity contribution in [3.8, 4) is 0 Å². The zero-order valence-electron chi connectivity index (χ0n) is 24.8. The maximum absolute atomic E-state index is 2.40. The molecule has 0 fully saturated rings. The highest BCUT2D eigenvalue weighted by molar-refractivity contribution is 7.14. The minimum atomic E-state index is -1.25. The molecule has 202 valence electrons. The molecular formula is C38H42BN. The van der Waals surface area contributed by atoms with Crippen LogP contribution in [0, 0.1) is 0 Å². The Kier molecular flexibility index (Phi) is 8.10. The van der Waals surface area contributed by atoms with Gasteiger partial charge in [-0.15, -0.1) is 0 Å². The van der Waals surface area contributed by atoms with E-state index in [1.807, 2.05) is 0 Å². The van der Waals surface area contributed by atoms with Gasteiger partial charge in [0.1, 0.15) is 0 Å². The van der Waals surface area contributed by atoms with Gasteiger partial charge in [-0.25, -0.2) is 0 Å². The summed E-state index contributed by atoms with van der Waals surface area (Å²) in [7, 11) is 8.50. The number of fused-ring (bicyclic) bond motifs is 3. The fourth-order valence-electron chi connectivity index (χ4n) is 6.52. The highest BCUT2D eigenvalue weighted by atomic mass is 15.2. The van der Waals surface area contributed by atoms with Crippen molar-refractivity contribution < 1.29 is 4.48 Å². The van der Waals surface area contributed by atoms with E-state index in [2.05, 4.69) is 163 Å². The van der Waals surface area contributed by atoms with E-state index in [-0.39, 0.29) is 0 Å². The van der Waals surface area contributed by atoms with Crippen molar-refractivity contribution in [3.05, 3.63) is 127 Å². The summed E-state index contributed by atoms with van der Waals surface area (Å²) in [6, 6.07) is 47.5. The zero-order chi connectivity index (χ0) is 28.2. The quantitative estimate of drug-likeness (QED) is 0.155. The first-order valence-corrected chi connectivity index (χ1v) is 14.7. The fraction of sp³-hybridized carbons (Fsp3) is 0.211. The van der Waals surface area contributed by atoms with Crippen LogP contribution in [0.2, 0.25) is 6.32 Å². The number of hydrogen-bond donors (Lipinski definition) is 0. The molecule has 0 amide bonds. The number of unbranched alkanes of at least 4 members (excludes halogenated alkanes) is 1. The van der Waals surface area contributed by atoms with Crippen LogP contribution in [0.3, 0.4) is 0 Å². The summed E-state index contributed by atoms with van der Waals surface area (Å²) in [5.74, 6) is 0. The minimum absolute atomic E-state index is 1.00. The molecule has 1 nitrogen and oxygen atoms in total. The van der Waals surface area contributed by atoms with Gasteiger partial charge in [0.25, 0.3) is 0 Å². The third-order valence-electron chi connectivity index (χ3n) is 8.05. The van der Waals surface area contributed by atoms with Gasteiger partial charge in [-0.2, -0.15) is 22.7 Å². The van der Waals surface area contributed by atoms with Crippen molar-refractivity contribution in [3.63, 3.8) is 0 Å². The van der Waals surface area contributed by atoms with Crippen LogP contribution >= 0.6 is 0 Å². The smallest absolute Gasteiger partial charge is 0.0837 e. The standard InChI is InChI=1S/C34H30B.C4H12N/c1-2-3-25-35(32-22-10-16-26-13-4-7-19-29(26)32,33-23-11-17-27-14-5-8-20-30(27)33)34-24-12-18-28-15-6-9-21-31(28)34;1-5(2,3)4/h4-24H,2-3,25H2,1H3;1-4H3/q-1;+1. The molecule has 0 heterocycles. The Morgan fingerprint density at radius 3 is 1.07 bits per heavy atom. The first-order valence-electron chi connectivity index (χ1n) is 14.7. The second kappa shape index (κ2) is 11.7. The average molecular weight is 524 g/mol. The average Bonchev–Trinajstić information content (AvgIpc) is 2.97. The topological polar surface area (TPSA) is 0 Å². The number of benzene rings is 6. The highest BCUT2D eigenvalue weighted by Crippen LogP contribution is 2.27. The minimum Gasteiger partial charge on any atom is -0.333 e. The van der Waals surface area contributed by atoms with Gasteiger partial charge in [0.05, 0.1) is 34.3 Å². The number of quaternary nitrogens is 1. The van der Waals surface area contributed by atoms with E-state index in [1.165, 1.54) is 61.5 Å². The Balaban J connectivity index is 0.000000595. The summed E-state index contributed by atoms with van der Waals surface area (Å²) in [5.41, 5.74) is 4.39. The van der Waals surface area contributed by atoms with Crippen LogP contribution in [-0.2, 0) is 0 Å². The summed E-state index contributed by atoms with van der Waals surface area (Å²) in [5, 5.41) is 8.04. The Hall–Kier alpha value is -3.88. The predicted molar refractivity (Wildman–Crippen MR) is 180 cm³/mol. The Morgan fingerprint density at radius 2 is 0.750 bits per heavy atom. The molecule has 0 unspecified atom stereocenters. The maximum Gasteiger partial charge on any atom is 0.0837 e. The number of rotatable bonds is 6. The monoisotopic (exact) mass is 523 g/mol. The van der Waals surface area contributed by atoms with Crippen molar-refractivity contribution in [1.82, 2.24) is 0 Å². The molecule has 0 aliphatic heterocycles. The van der Waals surface area contributed by atoms with Crippen molar-refractivity contribution in [2.24, 2.45) is 0 Å². The van der Waals surface area contributed by atoms with Gasteiger partial charge in [0, 0.05) is 0 Å². The third-order valence-corrected chi connectivity index (χ3v) is 8.05. The molecule has 40 heavy (non-hydrogen) atoms. The number of hydrogen-bond acceptors (Lipinski definition) is 0. The lowest BCUT2D eigenvalue weighted by molar-refractivity contribution is -0.849. The maximum atomic E-state index is 2.40. The second-order valence-corrected chi connectivity index (χ2v) is 12.6. The van der Waals surface area contributed by atoms with Crippen LogP contribution in [0.5, 0.6) is 0 Å². The summed E-state index contributed by atoms with van der Waals surface area (Å²) in [6.45, 7) is 2.32. The molecule has 0 radical (unpaired) electrons. The van der Waals surface area contributed by atoms with Crippen LogP contribution in [0.1, 0.15) is 19.8 Å². The van der Waals surface area contributed by atoms with Gasteiger partial charge >= 0.3 is 0 Å². The summed E-state index contributed by atoms with van der Waals surface area (Å²) >= 11 is 0. The zero-order valence-corrected chi connectivity index (χ0v) is 24.8. The van der Waals surface area contributed by atoms with Gasteiger partial charge in [0.15, 0.2) is 0 Å². The first-order chi connectivity index (χ1) is 19.3. The van der Waals surface area contributed by atoms with E-state index in [0.29, 0.717) is 0 Å². The van der Waals surface area contributed by atoms with E-state index in [0.717, 1.165) is 10.8 Å². The van der Waals surface area contributed by atoms with Crippen molar-refractivity contribution >= 4 is 54.9 Å². The molecule has 0 atom stereocenters. The van der Waals surface area contributed by atoms with Gasteiger partial charge in [0.2, 0.25) is 0 Å². The molecule has 6 aromatic carbocycles. The van der Waals surface area contributed by atoms with Gasteiger partial charge in [-0.1, -0.05) is 163 Å². The van der Waals surface area contributed by atoms with E-state index < -0.39 is 6.15 Å². The molecule has 0 aromatic heterocycles. The Bertz CT molecular complexity index is 1530. The lowest BCUT2D eigenvalue weighted by atomic mass is 9.13. The lowest BCUT2D eigenvalue weighted by Crippen LogP contribution is -2.67. The van der Waals surface area contributed by atoms with Crippen LogP contribution in [0.25, 0.3) is 32.3 Å². The molecule has 6 aromatic rings. The Labute approximate surface area is 240 Å². The normalized spacial score (nSPS) is 11.9. The molecule has 0 N–H and O–H groups in total. The molecule has 6 rings (SSSR count). The molecule has 0 saturated heterocycles. The van der Waals surface area contributed by atoms with Crippen LogP contribution in [-0.4, -0.2) is 38.8 Å². The molecule has 0 spiro atoms. The molecule has 0 bridgehead atoms. The Morgan fingerprint density at radius 1 is 0.450 bits per heavy atom. The molecule has 0 aliphatic rings. The summed E-state index contributed by atoms with van der Waals surface area (Å²) in [6.07, 6.45) is 2.21. The largest absolute Gasteiger partial charge is 0.333 e. The summed E-state index contributed by atoms with van der Waals surface area (Å²) < 4.78 is 1.00. The van der Waals surface area contributed by atoms with Gasteiger partial charge in [-0.3, -0.25) is 0 Å². The lowest BCUT2D eigenvalue weighted by Gasteiger charge is -2.45. The van der Waals surface area contributed by atoms with E-state index in [4.69, 9.17) is 0 Å². The van der Waals surface area contributed by atoms with Crippen LogP contribution in [0.4, 0.5) is 0 Å². The van der Waals surface area contributed by atoms with Crippen molar-refractivity contribution in [2.75, 3.05) is 28.2 Å². The SMILES string of the molecule is CCCC[B-](c1cccc2ccccc12)(c1cccc2ccccc12)c1cccc2ccccc12.C[N+](C)(C)C. The fourth-order valence-corrected chi connectivity index (χ4v) is 6.52. The molecule has 0 aliphatic carbocycles. The third kappa shape index (κ3) is 5.55. The van der Waals surface area contributed by atoms with E-state index in [1.54, 1.807) is 0 Å². The van der Waals surface area contributed by atoms with E-state index >= 15 is 0 Å². The van der Waals surface area contributed by atoms with Crippen molar-refractivity contribution in [2.45, 2.75) is 26.1 Å². The summed E-state index contributed by atoms with van der Waals surface area (Å²) in [4.78, 5) is 0. The molecule has 0 saturated carbocycles. The molecular weight excluding hydrogens is 481 g/mol. The number of nitrogens with zero attached hydrogens (tertiary/aromatic N) is 1. The predicted octanol–water partition coefficient (Wildman–Crippen LogP) is 7.74. The van der Waals surface area contributed by atoms with Crippen molar-refractivity contribution in [1.29, 1.82) is 0 Å². The van der Waals surface area contributed by atoms with Crippen LogP contribution < -0.4 is 16.4 Å². The van der Waals surface area contributed by atoms with Crippen LogP contribution in [0.15, 0.2) is 127 Å². The first kappa shape index (κ1) is 27.7. The van der Waals surface area contributed by atoms with E-state index in [9.17, 15) is 0 Å².